The van der Waals surface area contributed by atoms with Crippen LogP contribution >= 0.6 is 0 Å². The number of fused-ring (bicyclic) bond motifs is 1. The fourth-order valence-corrected chi connectivity index (χ4v) is 3.44. The molecule has 2 aliphatic rings. The smallest absolute Gasteiger partial charge is 0.378 e. The Morgan fingerprint density at radius 3 is 2.48 bits per heavy atom. The van der Waals surface area contributed by atoms with Crippen LogP contribution in [-0.4, -0.2) is 47.7 Å². The minimum absolute atomic E-state index is 0.0521. The highest BCUT2D eigenvalue weighted by atomic mass is 19.4. The molecule has 1 saturated carbocycles. The van der Waals surface area contributed by atoms with E-state index in [1.54, 1.807) is 12.1 Å². The molecule has 1 amide bonds. The summed E-state index contributed by atoms with van der Waals surface area (Å²) in [6.07, 6.45) is -3.17. The lowest BCUT2D eigenvalue weighted by Gasteiger charge is -2.38. The third-order valence-electron chi connectivity index (χ3n) is 4.86. The van der Waals surface area contributed by atoms with E-state index < -0.39 is 23.7 Å². The average Bonchev–Trinajstić information content (AvgIpc) is 2.89. The fraction of sp³-hybridized carbons (Fsp3) is 0.529. The maximum atomic E-state index is 13.7. The quantitative estimate of drug-likeness (QED) is 0.887. The Labute approximate surface area is 143 Å². The molecule has 0 saturated heterocycles. The molecule has 136 valence electrons. The molecule has 1 heterocycles. The van der Waals surface area contributed by atoms with E-state index in [1.807, 2.05) is 19.0 Å². The van der Waals surface area contributed by atoms with E-state index in [0.29, 0.717) is 19.3 Å². The van der Waals surface area contributed by atoms with Gasteiger partial charge in [0.05, 0.1) is 5.92 Å². The second kappa shape index (κ2) is 6.01. The molecule has 0 unspecified atom stereocenters. The summed E-state index contributed by atoms with van der Waals surface area (Å²) in [7, 11) is 3.63. The lowest BCUT2D eigenvalue weighted by Crippen LogP contribution is -2.61. The molecule has 2 atom stereocenters. The molecule has 1 aliphatic carbocycles. The molecule has 5 nitrogen and oxygen atoms in total. The molecule has 1 aromatic rings. The minimum Gasteiger partial charge on any atom is -0.378 e. The largest absolute Gasteiger partial charge is 0.439 e. The van der Waals surface area contributed by atoms with Crippen LogP contribution in [0.3, 0.4) is 0 Å². The molecule has 0 radical (unpaired) electrons. The Morgan fingerprint density at radius 2 is 1.92 bits per heavy atom. The number of carbonyl (C=O) groups excluding carboxylic acids is 1. The van der Waals surface area contributed by atoms with Gasteiger partial charge in [0.2, 0.25) is 0 Å². The van der Waals surface area contributed by atoms with Crippen LogP contribution in [0.5, 0.6) is 0 Å². The van der Waals surface area contributed by atoms with Crippen LogP contribution in [0.1, 0.15) is 36.0 Å². The van der Waals surface area contributed by atoms with E-state index in [9.17, 15) is 23.1 Å². The number of hydrazone groups is 1. The third-order valence-corrected chi connectivity index (χ3v) is 4.86. The summed E-state index contributed by atoms with van der Waals surface area (Å²) in [5.41, 5.74) is -2.16. The Balaban J connectivity index is 1.98. The summed E-state index contributed by atoms with van der Waals surface area (Å²) in [5, 5.41) is 14.6. The number of benzene rings is 1. The highest BCUT2D eigenvalue weighted by Crippen LogP contribution is 2.48. The van der Waals surface area contributed by atoms with Crippen LogP contribution in [0, 0.1) is 5.92 Å². The first kappa shape index (κ1) is 17.7. The number of anilines is 1. The SMILES string of the molecule is CN(C)c1ccc(C(=O)N2N=C3CCCC[C@H]3[C@]2(O)C(F)(F)F)cc1. The molecule has 0 spiro atoms. The van der Waals surface area contributed by atoms with Gasteiger partial charge in [0, 0.05) is 31.1 Å². The van der Waals surface area contributed by atoms with Gasteiger partial charge in [-0.15, -0.1) is 0 Å². The summed E-state index contributed by atoms with van der Waals surface area (Å²) in [5.74, 6) is -2.14. The van der Waals surface area contributed by atoms with Crippen LogP contribution in [0.4, 0.5) is 18.9 Å². The Hall–Kier alpha value is -2.09. The number of nitrogens with zero attached hydrogens (tertiary/aromatic N) is 3. The minimum atomic E-state index is -4.99. The molecule has 1 aliphatic heterocycles. The van der Waals surface area contributed by atoms with Crippen LogP contribution in [0.25, 0.3) is 0 Å². The molecule has 0 aromatic heterocycles. The van der Waals surface area contributed by atoms with E-state index >= 15 is 0 Å². The lowest BCUT2D eigenvalue weighted by molar-refractivity contribution is -0.312. The highest BCUT2D eigenvalue weighted by Gasteiger charge is 2.68. The summed E-state index contributed by atoms with van der Waals surface area (Å²) in [6.45, 7) is 0. The van der Waals surface area contributed by atoms with Crippen molar-refractivity contribution in [1.82, 2.24) is 5.01 Å². The Bertz CT molecular complexity index is 700. The van der Waals surface area contributed by atoms with Crippen molar-refractivity contribution in [2.75, 3.05) is 19.0 Å². The van der Waals surface area contributed by atoms with E-state index in [-0.39, 0.29) is 22.7 Å². The van der Waals surface area contributed by atoms with Gasteiger partial charge in [-0.2, -0.15) is 23.3 Å². The van der Waals surface area contributed by atoms with Crippen LogP contribution in [-0.2, 0) is 0 Å². The predicted molar refractivity (Wildman–Crippen MR) is 87.3 cm³/mol. The van der Waals surface area contributed by atoms with Gasteiger partial charge in [-0.05, 0) is 43.5 Å². The first-order chi connectivity index (χ1) is 11.7. The van der Waals surface area contributed by atoms with Crippen LogP contribution < -0.4 is 4.90 Å². The van der Waals surface area contributed by atoms with Gasteiger partial charge >= 0.3 is 6.18 Å². The zero-order chi connectivity index (χ0) is 18.4. The normalized spacial score (nSPS) is 26.2. The summed E-state index contributed by atoms with van der Waals surface area (Å²) >= 11 is 0. The molecule has 8 heteroatoms. The van der Waals surface area contributed by atoms with Crippen molar-refractivity contribution in [3.05, 3.63) is 29.8 Å². The van der Waals surface area contributed by atoms with Crippen molar-refractivity contribution in [2.45, 2.75) is 37.6 Å². The monoisotopic (exact) mass is 355 g/mol. The van der Waals surface area contributed by atoms with Crippen molar-refractivity contribution >= 4 is 17.3 Å². The highest BCUT2D eigenvalue weighted by molar-refractivity contribution is 5.99. The fourth-order valence-electron chi connectivity index (χ4n) is 3.44. The standard InChI is InChI=1S/C17H20F3N3O2/c1-22(2)12-9-7-11(8-10-12)15(24)23-16(25,17(18,19)20)13-5-3-4-6-14(13)21-23/h7-10,13,25H,3-6H2,1-2H3/t13-,16+/m1/s1. The zero-order valence-corrected chi connectivity index (χ0v) is 14.0. The second-order valence-electron chi connectivity index (χ2n) is 6.67. The summed E-state index contributed by atoms with van der Waals surface area (Å²) in [6, 6.07) is 6.15. The number of aliphatic hydroxyl groups is 1. The van der Waals surface area contributed by atoms with Gasteiger partial charge < -0.3 is 10.0 Å². The number of carbonyl (C=O) groups is 1. The molecule has 1 N–H and O–H groups in total. The van der Waals surface area contributed by atoms with Gasteiger partial charge in [0.25, 0.3) is 11.6 Å². The van der Waals surface area contributed by atoms with Gasteiger partial charge in [-0.1, -0.05) is 6.42 Å². The average molecular weight is 355 g/mol. The number of halogens is 3. The number of alkyl halides is 3. The van der Waals surface area contributed by atoms with Gasteiger partial charge in [0.1, 0.15) is 0 Å². The van der Waals surface area contributed by atoms with Gasteiger partial charge in [0.15, 0.2) is 0 Å². The number of hydrogen-bond acceptors (Lipinski definition) is 4. The molecule has 25 heavy (non-hydrogen) atoms. The molecular formula is C17H20F3N3O2. The maximum absolute atomic E-state index is 13.7. The summed E-state index contributed by atoms with van der Waals surface area (Å²) < 4.78 is 41.1. The topological polar surface area (TPSA) is 56.1 Å². The maximum Gasteiger partial charge on any atom is 0.439 e. The number of amides is 1. The van der Waals surface area contributed by atoms with Crippen molar-refractivity contribution in [1.29, 1.82) is 0 Å². The van der Waals surface area contributed by atoms with E-state index in [1.165, 1.54) is 12.1 Å². The molecule has 0 bridgehead atoms. The lowest BCUT2D eigenvalue weighted by atomic mass is 9.80. The second-order valence-corrected chi connectivity index (χ2v) is 6.67. The Morgan fingerprint density at radius 1 is 1.28 bits per heavy atom. The Kier molecular flexibility index (Phi) is 4.26. The van der Waals surface area contributed by atoms with Crippen LogP contribution in [0.2, 0.25) is 0 Å². The number of hydrogen-bond donors (Lipinski definition) is 1. The van der Waals surface area contributed by atoms with E-state index in [0.717, 1.165) is 5.69 Å². The van der Waals surface area contributed by atoms with Crippen molar-refractivity contribution < 1.29 is 23.1 Å². The predicted octanol–water partition coefficient (Wildman–Crippen LogP) is 3.01. The van der Waals surface area contributed by atoms with E-state index in [4.69, 9.17) is 0 Å². The van der Waals surface area contributed by atoms with Crippen molar-refractivity contribution in [2.24, 2.45) is 11.0 Å². The van der Waals surface area contributed by atoms with Gasteiger partial charge in [-0.25, -0.2) is 0 Å². The summed E-state index contributed by atoms with van der Waals surface area (Å²) in [4.78, 5) is 14.5. The first-order valence-electron chi connectivity index (χ1n) is 8.14. The zero-order valence-electron chi connectivity index (χ0n) is 14.0. The van der Waals surface area contributed by atoms with Crippen molar-refractivity contribution in [3.63, 3.8) is 0 Å². The van der Waals surface area contributed by atoms with Crippen molar-refractivity contribution in [3.8, 4) is 0 Å². The molecule has 1 aromatic carbocycles. The molecule has 1 fully saturated rings. The van der Waals surface area contributed by atoms with E-state index in [2.05, 4.69) is 5.10 Å². The molecule has 3 rings (SSSR count). The van der Waals surface area contributed by atoms with Gasteiger partial charge in [-0.3, -0.25) is 4.79 Å². The number of rotatable bonds is 2. The first-order valence-corrected chi connectivity index (χ1v) is 8.14. The third kappa shape index (κ3) is 2.78. The van der Waals surface area contributed by atoms with Crippen LogP contribution in [0.15, 0.2) is 29.4 Å². The molecular weight excluding hydrogens is 335 g/mol.